The van der Waals surface area contributed by atoms with Gasteiger partial charge in [-0.05, 0) is 12.0 Å². The third-order valence-corrected chi connectivity index (χ3v) is 2.89. The van der Waals surface area contributed by atoms with E-state index in [4.69, 9.17) is 5.73 Å². The molecule has 0 saturated carbocycles. The van der Waals surface area contributed by atoms with Crippen LogP contribution < -0.4 is 11.1 Å². The Hall–Kier alpha value is -2.34. The number of carbonyl (C=O) groups excluding carboxylic acids is 1. The van der Waals surface area contributed by atoms with E-state index in [0.29, 0.717) is 12.1 Å². The highest BCUT2D eigenvalue weighted by molar-refractivity contribution is 5.94. The first kappa shape index (κ1) is 15.1. The molecule has 0 aliphatic heterocycles. The molecule has 3 N–H and O–H groups in total. The lowest BCUT2D eigenvalue weighted by molar-refractivity contribution is -0.117. The molecule has 0 bridgehead atoms. The molecule has 110 valence electrons. The van der Waals surface area contributed by atoms with Gasteiger partial charge in [0.1, 0.15) is 0 Å². The van der Waals surface area contributed by atoms with Gasteiger partial charge in [-0.1, -0.05) is 30.3 Å². The fraction of sp³-hybridized carbons (Fsp3) is 0.133. The maximum absolute atomic E-state index is 13.0. The van der Waals surface area contributed by atoms with Crippen molar-refractivity contribution in [1.82, 2.24) is 0 Å². The lowest BCUT2D eigenvalue weighted by Crippen LogP contribution is -2.37. The minimum absolute atomic E-state index is 0.181. The second kappa shape index (κ2) is 6.41. The number of halogens is 3. The predicted octanol–water partition coefficient (Wildman–Crippen LogP) is 2.61. The van der Waals surface area contributed by atoms with Crippen LogP contribution in [0.2, 0.25) is 0 Å². The molecule has 1 atom stereocenters. The molecular formula is C15H13F3N2O. The van der Waals surface area contributed by atoms with E-state index in [0.717, 1.165) is 5.56 Å². The van der Waals surface area contributed by atoms with Crippen LogP contribution in [-0.4, -0.2) is 11.9 Å². The zero-order valence-corrected chi connectivity index (χ0v) is 10.9. The molecule has 3 nitrogen and oxygen atoms in total. The summed E-state index contributed by atoms with van der Waals surface area (Å²) < 4.78 is 38.9. The average molecular weight is 294 g/mol. The van der Waals surface area contributed by atoms with E-state index in [1.807, 2.05) is 30.3 Å². The number of benzene rings is 2. The van der Waals surface area contributed by atoms with Crippen LogP contribution >= 0.6 is 0 Å². The van der Waals surface area contributed by atoms with E-state index in [2.05, 4.69) is 5.32 Å². The zero-order chi connectivity index (χ0) is 15.4. The predicted molar refractivity (Wildman–Crippen MR) is 73.1 cm³/mol. The van der Waals surface area contributed by atoms with Crippen molar-refractivity contribution in [3.63, 3.8) is 0 Å². The van der Waals surface area contributed by atoms with E-state index in [-0.39, 0.29) is 12.1 Å². The van der Waals surface area contributed by atoms with Crippen LogP contribution in [0.1, 0.15) is 5.56 Å². The van der Waals surface area contributed by atoms with E-state index in [1.54, 1.807) is 0 Å². The Kier molecular flexibility index (Phi) is 4.59. The Morgan fingerprint density at radius 1 is 1.10 bits per heavy atom. The van der Waals surface area contributed by atoms with Crippen LogP contribution in [0.15, 0.2) is 42.5 Å². The van der Waals surface area contributed by atoms with E-state index < -0.39 is 29.4 Å². The molecule has 21 heavy (non-hydrogen) atoms. The van der Waals surface area contributed by atoms with E-state index >= 15 is 0 Å². The van der Waals surface area contributed by atoms with Crippen molar-refractivity contribution in [2.45, 2.75) is 12.5 Å². The van der Waals surface area contributed by atoms with Gasteiger partial charge in [0.05, 0.1) is 6.04 Å². The van der Waals surface area contributed by atoms with Crippen LogP contribution in [0.3, 0.4) is 0 Å². The van der Waals surface area contributed by atoms with Gasteiger partial charge < -0.3 is 11.1 Å². The van der Waals surface area contributed by atoms with Gasteiger partial charge in [0, 0.05) is 17.8 Å². The van der Waals surface area contributed by atoms with E-state index in [1.165, 1.54) is 0 Å². The maximum Gasteiger partial charge on any atom is 0.241 e. The molecule has 0 aromatic heterocycles. The molecule has 0 saturated heterocycles. The Balaban J connectivity index is 2.04. The molecule has 0 aliphatic carbocycles. The monoisotopic (exact) mass is 294 g/mol. The highest BCUT2D eigenvalue weighted by Crippen LogP contribution is 2.17. The third kappa shape index (κ3) is 3.82. The van der Waals surface area contributed by atoms with Crippen LogP contribution in [0, 0.1) is 17.5 Å². The summed E-state index contributed by atoms with van der Waals surface area (Å²) in [5, 5.41) is 2.26. The number of amides is 1. The average Bonchev–Trinajstić information content (AvgIpc) is 2.45. The summed E-state index contributed by atoms with van der Waals surface area (Å²) in [6.07, 6.45) is 0.277. The largest absolute Gasteiger partial charge is 0.325 e. The number of rotatable bonds is 4. The SMILES string of the molecule is NC(Cc1ccccc1)C(=O)Nc1cc(F)c(F)c(F)c1. The summed E-state index contributed by atoms with van der Waals surface area (Å²) in [5.74, 6) is -4.94. The summed E-state index contributed by atoms with van der Waals surface area (Å²) in [6, 6.07) is 9.59. The number of anilines is 1. The highest BCUT2D eigenvalue weighted by Gasteiger charge is 2.16. The van der Waals surface area contributed by atoms with Crippen molar-refractivity contribution < 1.29 is 18.0 Å². The Morgan fingerprint density at radius 2 is 1.67 bits per heavy atom. The van der Waals surface area contributed by atoms with Crippen LogP contribution in [0.5, 0.6) is 0 Å². The molecule has 0 heterocycles. The molecule has 0 fully saturated rings. The summed E-state index contributed by atoms with van der Waals surface area (Å²) in [5.41, 5.74) is 6.41. The summed E-state index contributed by atoms with van der Waals surface area (Å²) in [4.78, 5) is 11.8. The van der Waals surface area contributed by atoms with Gasteiger partial charge in [-0.25, -0.2) is 13.2 Å². The standard InChI is InChI=1S/C15H13F3N2O/c16-11-7-10(8-12(17)14(11)18)20-15(21)13(19)6-9-4-2-1-3-5-9/h1-5,7-8,13H,6,19H2,(H,20,21). The first-order valence-electron chi connectivity index (χ1n) is 6.22. The quantitative estimate of drug-likeness (QED) is 0.852. The second-order valence-electron chi connectivity index (χ2n) is 4.54. The van der Waals surface area contributed by atoms with Gasteiger partial charge in [0.2, 0.25) is 5.91 Å². The molecule has 1 unspecified atom stereocenters. The van der Waals surface area contributed by atoms with Crippen molar-refractivity contribution in [2.75, 3.05) is 5.32 Å². The number of nitrogens with two attached hydrogens (primary N) is 1. The third-order valence-electron chi connectivity index (χ3n) is 2.89. The molecule has 2 aromatic carbocycles. The Labute approximate surface area is 119 Å². The molecule has 1 amide bonds. The Bertz CT molecular complexity index is 624. The number of hydrogen-bond acceptors (Lipinski definition) is 2. The molecule has 0 aliphatic rings. The number of hydrogen-bond donors (Lipinski definition) is 2. The van der Waals surface area contributed by atoms with Crippen LogP contribution in [-0.2, 0) is 11.2 Å². The molecule has 2 aromatic rings. The highest BCUT2D eigenvalue weighted by atomic mass is 19.2. The smallest absolute Gasteiger partial charge is 0.241 e. The second-order valence-corrected chi connectivity index (χ2v) is 4.54. The normalized spacial score (nSPS) is 12.0. The molecule has 2 rings (SSSR count). The zero-order valence-electron chi connectivity index (χ0n) is 10.9. The number of nitrogens with one attached hydrogen (secondary N) is 1. The van der Waals surface area contributed by atoms with Gasteiger partial charge in [0.15, 0.2) is 17.5 Å². The summed E-state index contributed by atoms with van der Waals surface area (Å²) >= 11 is 0. The van der Waals surface area contributed by atoms with Crippen molar-refractivity contribution >= 4 is 11.6 Å². The van der Waals surface area contributed by atoms with Gasteiger partial charge in [0.25, 0.3) is 0 Å². The van der Waals surface area contributed by atoms with E-state index in [9.17, 15) is 18.0 Å². The summed E-state index contributed by atoms with van der Waals surface area (Å²) in [7, 11) is 0. The number of carbonyl (C=O) groups is 1. The molecule has 6 heteroatoms. The molecular weight excluding hydrogens is 281 g/mol. The first-order chi connectivity index (χ1) is 9.97. The lowest BCUT2D eigenvalue weighted by atomic mass is 10.1. The van der Waals surface area contributed by atoms with Crippen molar-refractivity contribution in [2.24, 2.45) is 5.73 Å². The van der Waals surface area contributed by atoms with Crippen molar-refractivity contribution in [1.29, 1.82) is 0 Å². The maximum atomic E-state index is 13.0. The Morgan fingerprint density at radius 3 is 2.24 bits per heavy atom. The minimum Gasteiger partial charge on any atom is -0.325 e. The van der Waals surface area contributed by atoms with Crippen molar-refractivity contribution in [3.05, 3.63) is 65.5 Å². The van der Waals surface area contributed by atoms with Gasteiger partial charge >= 0.3 is 0 Å². The fourth-order valence-electron chi connectivity index (χ4n) is 1.82. The van der Waals surface area contributed by atoms with Gasteiger partial charge in [-0.3, -0.25) is 4.79 Å². The molecule has 0 radical (unpaired) electrons. The van der Waals surface area contributed by atoms with Gasteiger partial charge in [-0.15, -0.1) is 0 Å². The molecule has 0 spiro atoms. The van der Waals surface area contributed by atoms with Crippen LogP contribution in [0.25, 0.3) is 0 Å². The van der Waals surface area contributed by atoms with Crippen LogP contribution in [0.4, 0.5) is 18.9 Å². The van der Waals surface area contributed by atoms with Gasteiger partial charge in [-0.2, -0.15) is 0 Å². The minimum atomic E-state index is -1.58. The fourth-order valence-corrected chi connectivity index (χ4v) is 1.82. The van der Waals surface area contributed by atoms with Crippen molar-refractivity contribution in [3.8, 4) is 0 Å². The topological polar surface area (TPSA) is 55.1 Å². The first-order valence-corrected chi connectivity index (χ1v) is 6.22. The lowest BCUT2D eigenvalue weighted by Gasteiger charge is -2.12. The summed E-state index contributed by atoms with van der Waals surface area (Å²) in [6.45, 7) is 0.